The molecule has 2 nitrogen and oxygen atoms in total. The maximum absolute atomic E-state index is 4.39. The molecule has 0 saturated heterocycles. The molecule has 0 N–H and O–H groups in total. The van der Waals surface area contributed by atoms with E-state index in [2.05, 4.69) is 34.0 Å². The summed E-state index contributed by atoms with van der Waals surface area (Å²) >= 11 is 0. The molecule has 3 rings (SSSR count). The first-order chi connectivity index (χ1) is 9.42. The fraction of sp³-hybridized carbons (Fsp3) is 0.0588. The molecule has 0 fully saturated rings. The Kier molecular flexibility index (Phi) is 3.20. The summed E-state index contributed by atoms with van der Waals surface area (Å²) in [5.41, 5.74) is 3.74. The van der Waals surface area contributed by atoms with Crippen molar-refractivity contribution < 1.29 is 0 Å². The predicted molar refractivity (Wildman–Crippen MR) is 76.2 cm³/mol. The van der Waals surface area contributed by atoms with Gasteiger partial charge < -0.3 is 0 Å². The van der Waals surface area contributed by atoms with E-state index >= 15 is 0 Å². The molecule has 2 aromatic heterocycles. The lowest BCUT2D eigenvalue weighted by molar-refractivity contribution is 1.24. The molecule has 0 aromatic carbocycles. The smallest absolute Gasteiger partial charge is 0.0887 e. The Morgan fingerprint density at radius 1 is 0.947 bits per heavy atom. The number of rotatable bonds is 1. The molecule has 0 amide bonds. The first-order valence-corrected chi connectivity index (χ1v) is 6.18. The molecule has 19 heavy (non-hydrogen) atoms. The van der Waals surface area contributed by atoms with Crippen LogP contribution >= 0.6 is 0 Å². The van der Waals surface area contributed by atoms with Crippen molar-refractivity contribution in [1.29, 1.82) is 0 Å². The minimum Gasteiger partial charge on any atom is -0.255 e. The van der Waals surface area contributed by atoms with E-state index in [1.165, 1.54) is 0 Å². The van der Waals surface area contributed by atoms with Crippen LogP contribution in [0.25, 0.3) is 11.4 Å². The Labute approximate surface area is 112 Å². The molecule has 0 spiro atoms. The van der Waals surface area contributed by atoms with Crippen LogP contribution in [-0.4, -0.2) is 9.97 Å². The average Bonchev–Trinajstić information content (AvgIpc) is 3.00. The lowest BCUT2D eigenvalue weighted by Gasteiger charge is -1.98. The fourth-order valence-corrected chi connectivity index (χ4v) is 1.83. The monoisotopic (exact) mass is 244 g/mol. The molecule has 0 radical (unpaired) electrons. The van der Waals surface area contributed by atoms with Gasteiger partial charge in [-0.25, -0.2) is 0 Å². The van der Waals surface area contributed by atoms with Crippen molar-refractivity contribution in [1.82, 2.24) is 9.97 Å². The van der Waals surface area contributed by atoms with Crippen LogP contribution in [0.1, 0.15) is 12.0 Å². The maximum atomic E-state index is 4.39. The Bertz CT molecular complexity index is 684. The van der Waals surface area contributed by atoms with E-state index in [0.29, 0.717) is 0 Å². The van der Waals surface area contributed by atoms with Crippen LogP contribution in [-0.2, 0) is 0 Å². The summed E-state index contributed by atoms with van der Waals surface area (Å²) < 4.78 is 0. The van der Waals surface area contributed by atoms with Crippen molar-refractivity contribution in [2.45, 2.75) is 6.42 Å². The molecular weight excluding hydrogens is 232 g/mol. The Balaban J connectivity index is 1.81. The molecule has 0 bridgehead atoms. The predicted octanol–water partition coefficient (Wildman–Crippen LogP) is 3.38. The first-order valence-electron chi connectivity index (χ1n) is 6.18. The van der Waals surface area contributed by atoms with Crippen molar-refractivity contribution >= 4 is 0 Å². The normalized spacial score (nSPS) is 12.7. The second-order valence-corrected chi connectivity index (χ2v) is 4.19. The highest BCUT2D eigenvalue weighted by molar-refractivity contribution is 5.55. The number of nitrogens with zero attached hydrogens (tertiary/aromatic N) is 2. The number of hydrogen-bond acceptors (Lipinski definition) is 2. The number of pyridine rings is 2. The standard InChI is InChI=1S/C17H12N2/c1-2-6-14(5-1)8-9-15-10-11-17(19-13-15)16-7-3-4-12-18-16/h1,3-7,10-13H,2H2. The average molecular weight is 244 g/mol. The van der Waals surface area contributed by atoms with Crippen molar-refractivity contribution in [3.8, 4) is 23.2 Å². The summed E-state index contributed by atoms with van der Waals surface area (Å²) in [6.07, 6.45) is 10.8. The van der Waals surface area contributed by atoms with Gasteiger partial charge in [0.25, 0.3) is 0 Å². The second-order valence-electron chi connectivity index (χ2n) is 4.19. The van der Waals surface area contributed by atoms with Crippen molar-refractivity contribution in [3.63, 3.8) is 0 Å². The molecule has 2 heteroatoms. The highest BCUT2D eigenvalue weighted by Gasteiger charge is 1.99. The van der Waals surface area contributed by atoms with Crippen molar-refractivity contribution in [3.05, 3.63) is 72.1 Å². The van der Waals surface area contributed by atoms with Crippen LogP contribution in [0.15, 0.2) is 66.5 Å². The summed E-state index contributed by atoms with van der Waals surface area (Å²) in [6, 6.07) is 9.72. The van der Waals surface area contributed by atoms with Crippen LogP contribution in [0.2, 0.25) is 0 Å². The Hall–Kier alpha value is -2.66. The van der Waals surface area contributed by atoms with Gasteiger partial charge in [-0.3, -0.25) is 9.97 Å². The Morgan fingerprint density at radius 2 is 1.89 bits per heavy atom. The minimum atomic E-state index is 0.867. The molecule has 0 saturated carbocycles. The van der Waals surface area contributed by atoms with E-state index in [1.807, 2.05) is 36.4 Å². The van der Waals surface area contributed by atoms with E-state index in [0.717, 1.165) is 28.9 Å². The summed E-state index contributed by atoms with van der Waals surface area (Å²) in [5.74, 6) is 6.24. The Morgan fingerprint density at radius 3 is 2.58 bits per heavy atom. The molecule has 0 unspecified atom stereocenters. The van der Waals surface area contributed by atoms with Gasteiger partial charge in [0.05, 0.1) is 11.4 Å². The van der Waals surface area contributed by atoms with Gasteiger partial charge in [0.15, 0.2) is 0 Å². The highest BCUT2D eigenvalue weighted by Crippen LogP contribution is 2.13. The first kappa shape index (κ1) is 11.4. The van der Waals surface area contributed by atoms with E-state index in [9.17, 15) is 0 Å². The lowest BCUT2D eigenvalue weighted by atomic mass is 10.2. The third kappa shape index (κ3) is 2.78. The molecule has 0 atom stereocenters. The van der Waals surface area contributed by atoms with Crippen molar-refractivity contribution in [2.75, 3.05) is 0 Å². The van der Waals surface area contributed by atoms with Gasteiger partial charge in [-0.05, 0) is 30.7 Å². The van der Waals surface area contributed by atoms with Gasteiger partial charge in [-0.1, -0.05) is 36.1 Å². The largest absolute Gasteiger partial charge is 0.255 e. The van der Waals surface area contributed by atoms with Crippen LogP contribution in [0, 0.1) is 11.8 Å². The number of hydrogen-bond donors (Lipinski definition) is 0. The molecule has 2 aromatic rings. The van der Waals surface area contributed by atoms with Crippen LogP contribution in [0.4, 0.5) is 0 Å². The SMILES string of the molecule is C(#Cc1ccc(-c2ccccn2)nc1)C1=CCC=C1. The van der Waals surface area contributed by atoms with Gasteiger partial charge >= 0.3 is 0 Å². The molecule has 1 aliphatic carbocycles. The summed E-state index contributed by atoms with van der Waals surface area (Å²) in [5, 5.41) is 0. The molecule has 2 heterocycles. The van der Waals surface area contributed by atoms with E-state index in [-0.39, 0.29) is 0 Å². The summed E-state index contributed by atoms with van der Waals surface area (Å²) in [7, 11) is 0. The topological polar surface area (TPSA) is 25.8 Å². The van der Waals surface area contributed by atoms with Crippen LogP contribution in [0.3, 0.4) is 0 Å². The lowest BCUT2D eigenvalue weighted by Crippen LogP contribution is -1.87. The zero-order valence-corrected chi connectivity index (χ0v) is 10.4. The molecule has 1 aliphatic rings. The van der Waals surface area contributed by atoms with Gasteiger partial charge in [-0.15, -0.1) is 0 Å². The van der Waals surface area contributed by atoms with Gasteiger partial charge in [0.2, 0.25) is 0 Å². The van der Waals surface area contributed by atoms with E-state index < -0.39 is 0 Å². The van der Waals surface area contributed by atoms with Crippen LogP contribution in [0.5, 0.6) is 0 Å². The number of allylic oxidation sites excluding steroid dienone is 4. The van der Waals surface area contributed by atoms with E-state index in [1.54, 1.807) is 12.4 Å². The minimum absolute atomic E-state index is 0.867. The summed E-state index contributed by atoms with van der Waals surface area (Å²) in [6.45, 7) is 0. The zero-order valence-electron chi connectivity index (χ0n) is 10.4. The van der Waals surface area contributed by atoms with Gasteiger partial charge in [0, 0.05) is 23.5 Å². The van der Waals surface area contributed by atoms with Gasteiger partial charge in [0.1, 0.15) is 0 Å². The summed E-state index contributed by atoms with van der Waals surface area (Å²) in [4.78, 5) is 8.66. The fourth-order valence-electron chi connectivity index (χ4n) is 1.83. The number of aromatic nitrogens is 2. The molecule has 0 aliphatic heterocycles. The zero-order chi connectivity index (χ0) is 12.9. The quantitative estimate of drug-likeness (QED) is 0.719. The van der Waals surface area contributed by atoms with Gasteiger partial charge in [-0.2, -0.15) is 0 Å². The molecular formula is C17H12N2. The van der Waals surface area contributed by atoms with Crippen LogP contribution < -0.4 is 0 Å². The highest BCUT2D eigenvalue weighted by atomic mass is 14.8. The molecule has 90 valence electrons. The van der Waals surface area contributed by atoms with Crippen molar-refractivity contribution in [2.24, 2.45) is 0 Å². The maximum Gasteiger partial charge on any atom is 0.0887 e. The third-order valence-corrected chi connectivity index (χ3v) is 2.81. The second kappa shape index (κ2) is 5.32. The third-order valence-electron chi connectivity index (χ3n) is 2.81. The van der Waals surface area contributed by atoms with E-state index in [4.69, 9.17) is 0 Å².